The average Bonchev–Trinajstić information content (AvgIpc) is 3.25. The molecule has 1 aliphatic heterocycles. The summed E-state index contributed by atoms with van der Waals surface area (Å²) in [7, 11) is 0. The maximum absolute atomic E-state index is 14.4. The molecule has 1 N–H and O–H groups in total. The van der Waals surface area contributed by atoms with E-state index >= 15 is 0 Å². The molecule has 2 heterocycles. The number of nitrogens with one attached hydrogen (secondary N) is 1. The standard InChI is InChI=1S/C17H17BrClFN4O2/c18-11-6-13(20)14(7-12(11)19)24-15(21-22-17(24)26)5-9-3-4-23(8-9)16(25)10-1-2-10/h6-7,9-10H,1-5,8H2,(H,22,26)/t9-/m0/s1. The van der Waals surface area contributed by atoms with E-state index in [9.17, 15) is 14.0 Å². The topological polar surface area (TPSA) is 71.0 Å². The van der Waals surface area contributed by atoms with Gasteiger partial charge in [0.25, 0.3) is 0 Å². The first-order valence-electron chi connectivity index (χ1n) is 8.54. The van der Waals surface area contributed by atoms with Crippen LogP contribution in [0.3, 0.4) is 0 Å². The smallest absolute Gasteiger partial charge is 0.342 e. The molecule has 26 heavy (non-hydrogen) atoms. The number of halogens is 3. The fourth-order valence-corrected chi connectivity index (χ4v) is 3.92. The van der Waals surface area contributed by atoms with Crippen LogP contribution in [0, 0.1) is 17.7 Å². The zero-order chi connectivity index (χ0) is 18.4. The van der Waals surface area contributed by atoms with Crippen molar-refractivity contribution >= 4 is 33.4 Å². The lowest BCUT2D eigenvalue weighted by molar-refractivity contribution is -0.131. The molecule has 2 fully saturated rings. The van der Waals surface area contributed by atoms with E-state index in [2.05, 4.69) is 26.1 Å². The maximum atomic E-state index is 14.4. The van der Waals surface area contributed by atoms with Gasteiger partial charge in [0.15, 0.2) is 0 Å². The fraction of sp³-hybridized carbons (Fsp3) is 0.471. The van der Waals surface area contributed by atoms with Gasteiger partial charge in [0.05, 0.1) is 10.7 Å². The summed E-state index contributed by atoms with van der Waals surface area (Å²) in [5.41, 5.74) is -0.447. The minimum atomic E-state index is -0.567. The van der Waals surface area contributed by atoms with Crippen molar-refractivity contribution in [2.45, 2.75) is 25.7 Å². The first kappa shape index (κ1) is 17.7. The number of aromatic amines is 1. The number of hydrogen-bond acceptors (Lipinski definition) is 3. The Morgan fingerprint density at radius 2 is 2.15 bits per heavy atom. The van der Waals surface area contributed by atoms with E-state index in [-0.39, 0.29) is 23.4 Å². The molecule has 9 heteroatoms. The van der Waals surface area contributed by atoms with Crippen molar-refractivity contribution in [2.24, 2.45) is 11.8 Å². The Kier molecular flexibility index (Phi) is 4.64. The fourth-order valence-electron chi connectivity index (χ4n) is 3.44. The van der Waals surface area contributed by atoms with Crippen molar-refractivity contribution < 1.29 is 9.18 Å². The second-order valence-electron chi connectivity index (χ2n) is 6.92. The summed E-state index contributed by atoms with van der Waals surface area (Å²) >= 11 is 9.23. The maximum Gasteiger partial charge on any atom is 0.348 e. The van der Waals surface area contributed by atoms with Crippen molar-refractivity contribution in [1.29, 1.82) is 0 Å². The Morgan fingerprint density at radius 1 is 1.38 bits per heavy atom. The molecule has 1 saturated carbocycles. The van der Waals surface area contributed by atoms with E-state index in [1.165, 1.54) is 16.7 Å². The summed E-state index contributed by atoms with van der Waals surface area (Å²) in [6, 6.07) is 2.63. The van der Waals surface area contributed by atoms with Crippen LogP contribution in [0.5, 0.6) is 0 Å². The predicted molar refractivity (Wildman–Crippen MR) is 98.0 cm³/mol. The summed E-state index contributed by atoms with van der Waals surface area (Å²) < 4.78 is 16.0. The van der Waals surface area contributed by atoms with E-state index in [1.54, 1.807) is 0 Å². The number of nitrogens with zero attached hydrogens (tertiary/aromatic N) is 3. The lowest BCUT2D eigenvalue weighted by Gasteiger charge is -2.16. The van der Waals surface area contributed by atoms with E-state index in [0.29, 0.717) is 28.3 Å². The zero-order valence-electron chi connectivity index (χ0n) is 13.8. The molecule has 1 amide bonds. The highest BCUT2D eigenvalue weighted by Gasteiger charge is 2.37. The number of rotatable bonds is 4. The summed E-state index contributed by atoms with van der Waals surface area (Å²) in [6.07, 6.45) is 3.31. The van der Waals surface area contributed by atoms with E-state index < -0.39 is 11.5 Å². The Hall–Kier alpha value is -1.67. The van der Waals surface area contributed by atoms with E-state index in [1.807, 2.05) is 4.90 Å². The molecule has 0 spiro atoms. The Balaban J connectivity index is 1.57. The van der Waals surface area contributed by atoms with Crippen LogP contribution in [0.2, 0.25) is 5.02 Å². The van der Waals surface area contributed by atoms with Gasteiger partial charge in [-0.15, -0.1) is 0 Å². The van der Waals surface area contributed by atoms with Crippen molar-refractivity contribution in [3.05, 3.63) is 43.8 Å². The molecule has 1 saturated heterocycles. The lowest BCUT2D eigenvalue weighted by atomic mass is 10.0. The third-order valence-corrected chi connectivity index (χ3v) is 6.16. The second-order valence-corrected chi connectivity index (χ2v) is 8.18. The van der Waals surface area contributed by atoms with Crippen molar-refractivity contribution in [2.75, 3.05) is 13.1 Å². The third kappa shape index (κ3) is 3.32. The Morgan fingerprint density at radius 3 is 2.88 bits per heavy atom. The van der Waals surface area contributed by atoms with Crippen LogP contribution in [-0.2, 0) is 11.2 Å². The first-order chi connectivity index (χ1) is 12.4. The van der Waals surface area contributed by atoms with Gasteiger partial charge in [0.1, 0.15) is 11.6 Å². The summed E-state index contributed by atoms with van der Waals surface area (Å²) in [5, 5.41) is 6.76. The van der Waals surface area contributed by atoms with Crippen LogP contribution in [0.1, 0.15) is 25.1 Å². The van der Waals surface area contributed by atoms with Gasteiger partial charge in [0, 0.05) is 29.9 Å². The highest BCUT2D eigenvalue weighted by molar-refractivity contribution is 9.10. The quantitative estimate of drug-likeness (QED) is 0.739. The number of likely N-dealkylation sites (tertiary alicyclic amines) is 1. The highest BCUT2D eigenvalue weighted by atomic mass is 79.9. The van der Waals surface area contributed by atoms with Crippen molar-refractivity contribution in [1.82, 2.24) is 19.7 Å². The number of amides is 1. The number of H-pyrrole nitrogens is 1. The molecule has 0 unspecified atom stereocenters. The van der Waals surface area contributed by atoms with Gasteiger partial charge in [-0.25, -0.2) is 18.9 Å². The number of hydrogen-bond donors (Lipinski definition) is 1. The molecular formula is C17H17BrClFN4O2. The molecule has 1 aliphatic carbocycles. The number of benzene rings is 1. The van der Waals surface area contributed by atoms with Gasteiger partial charge in [-0.1, -0.05) is 11.6 Å². The van der Waals surface area contributed by atoms with Gasteiger partial charge in [-0.3, -0.25) is 4.79 Å². The minimum absolute atomic E-state index is 0.0656. The van der Waals surface area contributed by atoms with Gasteiger partial charge in [-0.05, 0) is 53.2 Å². The molecule has 6 nitrogen and oxygen atoms in total. The molecule has 138 valence electrons. The van der Waals surface area contributed by atoms with E-state index in [0.717, 1.165) is 25.8 Å². The molecule has 2 aromatic rings. The molecule has 1 aromatic carbocycles. The Labute approximate surface area is 162 Å². The lowest BCUT2D eigenvalue weighted by Crippen LogP contribution is -2.30. The molecule has 0 bridgehead atoms. The molecule has 4 rings (SSSR count). The van der Waals surface area contributed by atoms with Gasteiger partial charge < -0.3 is 4.90 Å². The van der Waals surface area contributed by atoms with Crippen LogP contribution in [-0.4, -0.2) is 38.7 Å². The van der Waals surface area contributed by atoms with Crippen LogP contribution < -0.4 is 5.69 Å². The summed E-state index contributed by atoms with van der Waals surface area (Å²) in [5.74, 6) is 0.510. The normalized spacial score (nSPS) is 20.0. The SMILES string of the molecule is O=C(C1CC1)N1CC[C@@H](Cc2n[nH]c(=O)n2-c2cc(Cl)c(Br)cc2F)C1. The zero-order valence-corrected chi connectivity index (χ0v) is 16.2. The summed E-state index contributed by atoms with van der Waals surface area (Å²) in [4.78, 5) is 26.3. The van der Waals surface area contributed by atoms with Crippen molar-refractivity contribution in [3.63, 3.8) is 0 Å². The molecule has 0 radical (unpaired) electrons. The first-order valence-corrected chi connectivity index (χ1v) is 9.71. The monoisotopic (exact) mass is 442 g/mol. The van der Waals surface area contributed by atoms with Crippen LogP contribution in [0.15, 0.2) is 21.4 Å². The van der Waals surface area contributed by atoms with Gasteiger partial charge in [-0.2, -0.15) is 5.10 Å². The molecule has 2 aliphatic rings. The largest absolute Gasteiger partial charge is 0.348 e. The Bertz CT molecular complexity index is 924. The predicted octanol–water partition coefficient (Wildman–Crippen LogP) is 2.92. The van der Waals surface area contributed by atoms with Gasteiger partial charge >= 0.3 is 5.69 Å². The molecule has 1 aromatic heterocycles. The summed E-state index contributed by atoms with van der Waals surface area (Å²) in [6.45, 7) is 1.38. The molecule has 1 atom stereocenters. The van der Waals surface area contributed by atoms with Crippen LogP contribution >= 0.6 is 27.5 Å². The highest BCUT2D eigenvalue weighted by Crippen LogP contribution is 2.33. The van der Waals surface area contributed by atoms with Crippen LogP contribution in [0.25, 0.3) is 5.69 Å². The number of aromatic nitrogens is 3. The molecular weight excluding hydrogens is 427 g/mol. The third-order valence-electron chi connectivity index (χ3n) is 4.97. The van der Waals surface area contributed by atoms with Crippen LogP contribution in [0.4, 0.5) is 4.39 Å². The van der Waals surface area contributed by atoms with E-state index in [4.69, 9.17) is 11.6 Å². The number of carbonyl (C=O) groups excluding carboxylic acids is 1. The second kappa shape index (κ2) is 6.81. The average molecular weight is 444 g/mol. The minimum Gasteiger partial charge on any atom is -0.342 e. The van der Waals surface area contributed by atoms with Gasteiger partial charge in [0.2, 0.25) is 5.91 Å². The van der Waals surface area contributed by atoms with Crippen molar-refractivity contribution in [3.8, 4) is 5.69 Å². The number of carbonyl (C=O) groups is 1.